The minimum atomic E-state index is -2.59. The molecule has 1 aromatic heterocycles. The number of nitrogen functional groups attached to an aromatic ring is 1. The van der Waals surface area contributed by atoms with Crippen LogP contribution in [0.15, 0.2) is 73.1 Å². The van der Waals surface area contributed by atoms with Crippen molar-refractivity contribution >= 4 is 11.7 Å². The monoisotopic (exact) mass is 533 g/mol. The molecule has 202 valence electrons. The number of para-hydroxylation sites is 1. The summed E-state index contributed by atoms with van der Waals surface area (Å²) in [4.78, 5) is 24.3. The topological polar surface area (TPSA) is 93.8 Å². The molecule has 2 aromatic carbocycles. The van der Waals surface area contributed by atoms with Gasteiger partial charge >= 0.3 is 0 Å². The van der Waals surface area contributed by atoms with Gasteiger partial charge in [0.05, 0.1) is 18.7 Å². The second-order valence-electron chi connectivity index (χ2n) is 10.6. The molecule has 1 spiro atoms. The van der Waals surface area contributed by atoms with E-state index in [1.54, 1.807) is 15.9 Å². The fraction of sp³-hybridized carbons (Fsp3) is 0.345. The predicted octanol–water partition coefficient (Wildman–Crippen LogP) is 4.40. The van der Waals surface area contributed by atoms with Crippen molar-refractivity contribution in [2.45, 2.75) is 24.9 Å². The Labute approximate surface area is 225 Å². The van der Waals surface area contributed by atoms with E-state index in [1.807, 2.05) is 54.6 Å². The number of nitrogens with two attached hydrogens (primary N) is 1. The molecular weight excluding hydrogens is 504 g/mol. The molecule has 0 bridgehead atoms. The molecule has 1 saturated carbocycles. The Balaban J connectivity index is 1.02. The first-order chi connectivity index (χ1) is 18.8. The van der Waals surface area contributed by atoms with E-state index >= 15 is 0 Å². The molecule has 3 fully saturated rings. The van der Waals surface area contributed by atoms with Gasteiger partial charge in [-0.15, -0.1) is 0 Å². The molecular formula is C29H29F2N5O3. The van der Waals surface area contributed by atoms with E-state index in [4.69, 9.17) is 15.2 Å². The first-order valence-electron chi connectivity index (χ1n) is 12.9. The molecule has 0 atom stereocenters. The van der Waals surface area contributed by atoms with Crippen molar-refractivity contribution < 1.29 is 23.0 Å². The van der Waals surface area contributed by atoms with E-state index in [2.05, 4.69) is 9.97 Å². The smallest absolute Gasteiger partial charge is 0.272 e. The summed E-state index contributed by atoms with van der Waals surface area (Å²) in [6, 6.07) is 17.1. The van der Waals surface area contributed by atoms with E-state index in [9.17, 15) is 13.6 Å². The number of benzene rings is 2. The van der Waals surface area contributed by atoms with Crippen molar-refractivity contribution in [3.63, 3.8) is 0 Å². The highest BCUT2D eigenvalue weighted by Crippen LogP contribution is 2.50. The third kappa shape index (κ3) is 5.42. The van der Waals surface area contributed by atoms with Crippen molar-refractivity contribution in [1.82, 2.24) is 19.8 Å². The van der Waals surface area contributed by atoms with E-state index in [1.165, 1.54) is 12.4 Å². The van der Waals surface area contributed by atoms with Gasteiger partial charge in [-0.25, -0.2) is 18.7 Å². The van der Waals surface area contributed by atoms with Crippen LogP contribution in [-0.4, -0.2) is 70.4 Å². The van der Waals surface area contributed by atoms with Crippen LogP contribution in [0.25, 0.3) is 11.1 Å². The fourth-order valence-corrected chi connectivity index (χ4v) is 5.53. The zero-order valence-corrected chi connectivity index (χ0v) is 21.3. The lowest BCUT2D eigenvalue weighted by molar-refractivity contribution is -0.155. The van der Waals surface area contributed by atoms with Crippen LogP contribution in [0.4, 0.5) is 14.6 Å². The van der Waals surface area contributed by atoms with Crippen LogP contribution in [-0.2, 0) is 4.79 Å². The minimum absolute atomic E-state index is 0.0281. The van der Waals surface area contributed by atoms with Crippen molar-refractivity contribution in [2.24, 2.45) is 5.41 Å². The van der Waals surface area contributed by atoms with Gasteiger partial charge in [0.2, 0.25) is 11.8 Å². The Kier molecular flexibility index (Phi) is 6.42. The van der Waals surface area contributed by atoms with Gasteiger partial charge in [0, 0.05) is 31.1 Å². The predicted molar refractivity (Wildman–Crippen MR) is 142 cm³/mol. The summed E-state index contributed by atoms with van der Waals surface area (Å²) in [7, 11) is 0. The summed E-state index contributed by atoms with van der Waals surface area (Å²) in [5.74, 6) is -0.453. The number of halogens is 2. The molecule has 2 saturated heterocycles. The van der Waals surface area contributed by atoms with Gasteiger partial charge < -0.3 is 20.1 Å². The molecule has 1 aliphatic carbocycles. The van der Waals surface area contributed by atoms with E-state index in [0.717, 1.165) is 24.2 Å². The maximum Gasteiger partial charge on any atom is 0.272 e. The molecule has 10 heteroatoms. The summed E-state index contributed by atoms with van der Waals surface area (Å²) in [6.07, 6.45) is 6.15. The number of likely N-dealkylation sites (tertiary alicyclic amines) is 2. The number of hydrogen-bond donors (Lipinski definition) is 1. The van der Waals surface area contributed by atoms with Crippen LogP contribution >= 0.6 is 0 Å². The van der Waals surface area contributed by atoms with Crippen LogP contribution in [0.1, 0.15) is 12.8 Å². The van der Waals surface area contributed by atoms with Crippen LogP contribution in [0, 0.1) is 5.41 Å². The van der Waals surface area contributed by atoms with Gasteiger partial charge in [0.1, 0.15) is 29.7 Å². The number of amides is 1. The van der Waals surface area contributed by atoms with Gasteiger partial charge in [-0.2, -0.15) is 0 Å². The van der Waals surface area contributed by atoms with Gasteiger partial charge in [0.15, 0.2) is 0 Å². The minimum Gasteiger partial charge on any atom is -0.474 e. The van der Waals surface area contributed by atoms with Gasteiger partial charge in [-0.1, -0.05) is 36.4 Å². The average Bonchev–Trinajstić information content (AvgIpc) is 2.85. The number of alkyl halides is 2. The van der Waals surface area contributed by atoms with E-state index in [0.29, 0.717) is 42.6 Å². The lowest BCUT2D eigenvalue weighted by Gasteiger charge is -2.58. The molecule has 0 unspecified atom stereocenters. The largest absolute Gasteiger partial charge is 0.474 e. The molecule has 0 radical (unpaired) electrons. The summed E-state index contributed by atoms with van der Waals surface area (Å²) in [5.41, 5.74) is 7.75. The first-order valence-corrected chi connectivity index (χ1v) is 12.9. The standard InChI is InChI=1S/C29H29F2N5O3/c30-29(31)17-35(18-29)12-4-7-24(37)36-15-28(16-36)13-23(14-28)39-27-25(26(32)33-19-34-27)20-8-10-22(11-9-20)38-21-5-2-1-3-6-21/h1-11,19,23H,12-18H2,(H2,32,33,34)/b7-4+. The number of ether oxygens (including phenoxy) is 2. The number of anilines is 1. The van der Waals surface area contributed by atoms with Crippen molar-refractivity contribution in [3.8, 4) is 28.5 Å². The van der Waals surface area contributed by atoms with Crippen LogP contribution in [0.2, 0.25) is 0 Å². The van der Waals surface area contributed by atoms with Crippen LogP contribution in [0.5, 0.6) is 17.4 Å². The highest BCUT2D eigenvalue weighted by molar-refractivity contribution is 5.88. The number of carbonyl (C=O) groups excluding carboxylic acids is 1. The average molecular weight is 534 g/mol. The Bertz CT molecular complexity index is 1360. The fourth-order valence-electron chi connectivity index (χ4n) is 5.53. The zero-order valence-electron chi connectivity index (χ0n) is 21.3. The summed E-state index contributed by atoms with van der Waals surface area (Å²) in [5, 5.41) is 0. The molecule has 2 aliphatic heterocycles. The second kappa shape index (κ2) is 9.92. The van der Waals surface area contributed by atoms with Crippen molar-refractivity contribution in [3.05, 3.63) is 73.1 Å². The van der Waals surface area contributed by atoms with Gasteiger partial charge in [0.25, 0.3) is 5.92 Å². The number of hydrogen-bond acceptors (Lipinski definition) is 7. The molecule has 6 rings (SSSR count). The lowest BCUT2D eigenvalue weighted by atomic mass is 9.61. The molecule has 2 N–H and O–H groups in total. The first kappa shape index (κ1) is 25.2. The molecule has 8 nitrogen and oxygen atoms in total. The summed E-state index contributed by atoms with van der Waals surface area (Å²) >= 11 is 0. The van der Waals surface area contributed by atoms with Crippen LogP contribution in [0.3, 0.4) is 0 Å². The van der Waals surface area contributed by atoms with Gasteiger partial charge in [-0.05, 0) is 42.7 Å². The van der Waals surface area contributed by atoms with Crippen molar-refractivity contribution in [1.29, 1.82) is 0 Å². The molecule has 3 aliphatic rings. The number of nitrogens with zero attached hydrogens (tertiary/aromatic N) is 4. The maximum absolute atomic E-state index is 12.9. The molecule has 39 heavy (non-hydrogen) atoms. The zero-order chi connectivity index (χ0) is 27.0. The highest BCUT2D eigenvalue weighted by Gasteiger charge is 2.54. The van der Waals surface area contributed by atoms with E-state index < -0.39 is 5.92 Å². The number of rotatable bonds is 8. The number of carbonyl (C=O) groups is 1. The van der Waals surface area contributed by atoms with E-state index in [-0.39, 0.29) is 30.5 Å². The third-order valence-corrected chi connectivity index (χ3v) is 7.46. The summed E-state index contributed by atoms with van der Waals surface area (Å²) < 4.78 is 37.9. The Morgan fingerprint density at radius 3 is 2.38 bits per heavy atom. The normalized spacial score (nSPS) is 19.8. The quantitative estimate of drug-likeness (QED) is 0.429. The van der Waals surface area contributed by atoms with Crippen LogP contribution < -0.4 is 15.2 Å². The third-order valence-electron chi connectivity index (χ3n) is 7.46. The van der Waals surface area contributed by atoms with Gasteiger partial charge in [-0.3, -0.25) is 9.69 Å². The SMILES string of the molecule is Nc1ncnc(OC2CC3(C2)CN(C(=O)/C=C/CN2CC(F)(F)C2)C3)c1-c1ccc(Oc2ccccc2)cc1. The summed E-state index contributed by atoms with van der Waals surface area (Å²) in [6.45, 7) is 1.21. The molecule has 3 heterocycles. The Hall–Kier alpha value is -4.05. The lowest BCUT2D eigenvalue weighted by Crippen LogP contribution is -2.65. The Morgan fingerprint density at radius 1 is 1.00 bits per heavy atom. The maximum atomic E-state index is 12.9. The molecule has 3 aromatic rings. The highest BCUT2D eigenvalue weighted by atomic mass is 19.3. The molecule has 1 amide bonds. The Morgan fingerprint density at radius 2 is 1.69 bits per heavy atom. The number of aromatic nitrogens is 2. The second-order valence-corrected chi connectivity index (χ2v) is 10.6. The van der Waals surface area contributed by atoms with Crippen molar-refractivity contribution in [2.75, 3.05) is 38.5 Å².